The number of hydrogen-bond acceptors (Lipinski definition) is 7. The second kappa shape index (κ2) is 8.16. The van der Waals surface area contributed by atoms with Crippen LogP contribution in [-0.2, 0) is 6.54 Å². The second-order valence-electron chi connectivity index (χ2n) is 6.15. The molecule has 2 aromatic rings. The summed E-state index contributed by atoms with van der Waals surface area (Å²) < 4.78 is 0. The Hall–Kier alpha value is -2.64. The molecule has 8 heteroatoms. The van der Waals surface area contributed by atoms with Crippen molar-refractivity contribution in [2.24, 2.45) is 4.99 Å². The zero-order valence-corrected chi connectivity index (χ0v) is 15.8. The van der Waals surface area contributed by atoms with Crippen molar-refractivity contribution in [2.45, 2.75) is 6.54 Å². The number of aliphatic imine (C=N–C) groups is 1. The highest BCUT2D eigenvalue weighted by atomic mass is 35.5. The van der Waals surface area contributed by atoms with Gasteiger partial charge in [-0.3, -0.25) is 0 Å². The first-order valence-corrected chi connectivity index (χ1v) is 8.64. The van der Waals surface area contributed by atoms with Crippen molar-refractivity contribution in [2.75, 3.05) is 37.9 Å². The molecule has 0 bridgehead atoms. The Morgan fingerprint density at radius 2 is 2.00 bits per heavy atom. The van der Waals surface area contributed by atoms with Gasteiger partial charge in [0.15, 0.2) is 0 Å². The summed E-state index contributed by atoms with van der Waals surface area (Å²) >= 11 is 6.33. The fourth-order valence-electron chi connectivity index (χ4n) is 2.51. The topological polar surface area (TPSA) is 68.7 Å². The van der Waals surface area contributed by atoms with Gasteiger partial charge in [0.1, 0.15) is 5.82 Å². The Bertz CT molecular complexity index is 832. The number of rotatable bonds is 5. The Labute approximate surface area is 158 Å². The molecule has 7 nitrogen and oxygen atoms in total. The molecule has 0 amide bonds. The highest BCUT2D eigenvalue weighted by molar-refractivity contribution is 6.33. The van der Waals surface area contributed by atoms with Crippen LogP contribution in [0.25, 0.3) is 0 Å². The average Bonchev–Trinajstić information content (AvgIpc) is 2.61. The molecule has 0 saturated heterocycles. The minimum atomic E-state index is 0.562. The molecular formula is C18H22ClN7. The largest absolute Gasteiger partial charge is 0.333 e. The molecule has 0 fully saturated rings. The molecular weight excluding hydrogens is 350 g/mol. The fraction of sp³-hybridized carbons (Fsp3) is 0.278. The van der Waals surface area contributed by atoms with Crippen LogP contribution in [0.5, 0.6) is 0 Å². The van der Waals surface area contributed by atoms with Crippen LogP contribution in [0.15, 0.2) is 47.6 Å². The zero-order valence-electron chi connectivity index (χ0n) is 15.1. The van der Waals surface area contributed by atoms with Gasteiger partial charge in [-0.15, -0.1) is 0 Å². The van der Waals surface area contributed by atoms with E-state index in [-0.39, 0.29) is 0 Å². The van der Waals surface area contributed by atoms with Gasteiger partial charge in [-0.05, 0) is 32.3 Å². The summed E-state index contributed by atoms with van der Waals surface area (Å²) in [6.07, 6.45) is 3.80. The molecule has 0 atom stereocenters. The summed E-state index contributed by atoms with van der Waals surface area (Å²) in [4.78, 5) is 17.6. The molecule has 0 radical (unpaired) electrons. The third kappa shape index (κ3) is 4.50. The van der Waals surface area contributed by atoms with E-state index in [0.717, 1.165) is 11.4 Å². The number of para-hydroxylation sites is 1. The first-order chi connectivity index (χ1) is 12.5. The van der Waals surface area contributed by atoms with Gasteiger partial charge in [0, 0.05) is 25.9 Å². The van der Waals surface area contributed by atoms with Gasteiger partial charge in [0.25, 0.3) is 0 Å². The molecule has 0 spiro atoms. The third-order valence-corrected chi connectivity index (χ3v) is 4.02. The summed E-state index contributed by atoms with van der Waals surface area (Å²) in [6, 6.07) is 9.55. The number of nitrogens with one attached hydrogen (secondary N) is 2. The Kier molecular flexibility index (Phi) is 5.70. The fourth-order valence-corrected chi connectivity index (χ4v) is 2.77. The monoisotopic (exact) mass is 371 g/mol. The maximum Gasteiger partial charge on any atom is 0.231 e. The van der Waals surface area contributed by atoms with E-state index in [2.05, 4.69) is 30.5 Å². The molecule has 0 saturated carbocycles. The van der Waals surface area contributed by atoms with E-state index in [4.69, 9.17) is 11.6 Å². The molecule has 1 aliphatic heterocycles. The highest BCUT2D eigenvalue weighted by Crippen LogP contribution is 2.29. The summed E-state index contributed by atoms with van der Waals surface area (Å²) in [5, 5.41) is 6.93. The minimum absolute atomic E-state index is 0.562. The first kappa shape index (κ1) is 18.2. The molecule has 3 rings (SSSR count). The number of halogens is 1. The normalized spacial score (nSPS) is 13.3. The van der Waals surface area contributed by atoms with Crippen molar-refractivity contribution in [3.63, 3.8) is 0 Å². The van der Waals surface area contributed by atoms with Crippen LogP contribution in [0, 0.1) is 0 Å². The van der Waals surface area contributed by atoms with Crippen molar-refractivity contribution in [1.82, 2.24) is 20.2 Å². The van der Waals surface area contributed by atoms with Gasteiger partial charge in [-0.1, -0.05) is 23.7 Å². The summed E-state index contributed by atoms with van der Waals surface area (Å²) in [7, 11) is 5.91. The van der Waals surface area contributed by atoms with E-state index in [9.17, 15) is 0 Å². The zero-order chi connectivity index (χ0) is 18.5. The Morgan fingerprint density at radius 1 is 1.19 bits per heavy atom. The molecule has 2 N–H and O–H groups in total. The number of benzene rings is 1. The maximum absolute atomic E-state index is 6.33. The average molecular weight is 372 g/mol. The van der Waals surface area contributed by atoms with E-state index in [0.29, 0.717) is 35.8 Å². The number of aromatic nitrogens is 2. The Balaban J connectivity index is 1.94. The van der Waals surface area contributed by atoms with Crippen molar-refractivity contribution >= 4 is 35.0 Å². The number of hydrogen-bond donors (Lipinski definition) is 2. The Morgan fingerprint density at radius 3 is 2.69 bits per heavy atom. The van der Waals surface area contributed by atoms with Gasteiger partial charge >= 0.3 is 0 Å². The van der Waals surface area contributed by atoms with Crippen molar-refractivity contribution in [1.29, 1.82) is 0 Å². The van der Waals surface area contributed by atoms with Crippen LogP contribution >= 0.6 is 11.6 Å². The number of anilines is 3. The minimum Gasteiger partial charge on any atom is -0.333 e. The lowest BCUT2D eigenvalue weighted by Crippen LogP contribution is -2.29. The molecule has 1 aromatic heterocycles. The van der Waals surface area contributed by atoms with Gasteiger partial charge in [0.05, 0.1) is 22.9 Å². The second-order valence-corrected chi connectivity index (χ2v) is 6.56. The third-order valence-electron chi connectivity index (χ3n) is 3.70. The predicted octanol–water partition coefficient (Wildman–Crippen LogP) is 2.84. The van der Waals surface area contributed by atoms with Crippen LogP contribution in [0.4, 0.5) is 17.5 Å². The molecule has 0 unspecified atom stereocenters. The van der Waals surface area contributed by atoms with Gasteiger partial charge < -0.3 is 20.4 Å². The van der Waals surface area contributed by atoms with Crippen LogP contribution in [0.3, 0.4) is 0 Å². The predicted molar refractivity (Wildman–Crippen MR) is 107 cm³/mol. The van der Waals surface area contributed by atoms with Crippen molar-refractivity contribution in [3.8, 4) is 0 Å². The molecule has 1 aliphatic rings. The highest BCUT2D eigenvalue weighted by Gasteiger charge is 2.14. The molecule has 1 aromatic carbocycles. The van der Waals surface area contributed by atoms with Gasteiger partial charge in [0.2, 0.25) is 11.9 Å². The van der Waals surface area contributed by atoms with E-state index < -0.39 is 0 Å². The number of nitrogens with zero attached hydrogens (tertiary/aromatic N) is 5. The van der Waals surface area contributed by atoms with Gasteiger partial charge in [-0.2, -0.15) is 4.98 Å². The van der Waals surface area contributed by atoms with Crippen LogP contribution < -0.4 is 15.5 Å². The van der Waals surface area contributed by atoms with E-state index in [1.165, 1.54) is 0 Å². The number of guanidine groups is 1. The van der Waals surface area contributed by atoms with E-state index in [1.807, 2.05) is 68.7 Å². The first-order valence-electron chi connectivity index (χ1n) is 8.27. The molecule has 0 aliphatic carbocycles. The lowest BCUT2D eigenvalue weighted by atomic mass is 10.3. The lowest BCUT2D eigenvalue weighted by molar-refractivity contribution is 0.397. The van der Waals surface area contributed by atoms with Crippen molar-refractivity contribution in [3.05, 3.63) is 53.3 Å². The SMILES string of the molecule is CN(C)Cc1cc(NC2=NCC=CN2)nc(N(C)c2ccccc2Cl)n1. The van der Waals surface area contributed by atoms with Gasteiger partial charge in [-0.25, -0.2) is 9.98 Å². The van der Waals surface area contributed by atoms with Crippen LogP contribution in [0.2, 0.25) is 5.02 Å². The quantitative estimate of drug-likeness (QED) is 0.842. The molecule has 26 heavy (non-hydrogen) atoms. The summed E-state index contributed by atoms with van der Waals surface area (Å²) in [5.41, 5.74) is 1.74. The summed E-state index contributed by atoms with van der Waals surface area (Å²) in [6.45, 7) is 1.33. The van der Waals surface area contributed by atoms with Crippen LogP contribution in [-0.4, -0.2) is 48.5 Å². The molecule has 2 heterocycles. The summed E-state index contributed by atoms with van der Waals surface area (Å²) in [5.74, 6) is 1.90. The van der Waals surface area contributed by atoms with E-state index >= 15 is 0 Å². The van der Waals surface area contributed by atoms with Crippen molar-refractivity contribution < 1.29 is 0 Å². The molecule has 136 valence electrons. The van der Waals surface area contributed by atoms with E-state index in [1.54, 1.807) is 0 Å². The maximum atomic E-state index is 6.33. The van der Waals surface area contributed by atoms with Crippen LogP contribution in [0.1, 0.15) is 5.69 Å². The standard InChI is InChI=1S/C18H22ClN7/c1-25(2)12-13-11-16(23-17-20-9-6-10-21-17)24-18(22-13)26(3)15-8-5-4-7-14(15)19/h4-9,11H,10,12H2,1-3H3,(H2,20,21,22,23,24). The smallest absolute Gasteiger partial charge is 0.231 e. The lowest BCUT2D eigenvalue weighted by Gasteiger charge is -2.21.